The van der Waals surface area contributed by atoms with E-state index < -0.39 is 0 Å². The van der Waals surface area contributed by atoms with Crippen LogP contribution in [0.3, 0.4) is 0 Å². The Morgan fingerprint density at radius 3 is 2.67 bits per heavy atom. The molecule has 0 aromatic heterocycles. The molecule has 3 rings (SSSR count). The summed E-state index contributed by atoms with van der Waals surface area (Å²) < 4.78 is 5.42. The second kappa shape index (κ2) is 5.39. The van der Waals surface area contributed by atoms with Crippen LogP contribution in [-0.2, 0) is 17.7 Å². The molecule has 1 unspecified atom stereocenters. The first-order valence-corrected chi connectivity index (χ1v) is 6.90. The summed E-state index contributed by atoms with van der Waals surface area (Å²) in [5, 5.41) is 0. The van der Waals surface area contributed by atoms with Crippen LogP contribution in [-0.4, -0.2) is 55.7 Å². The molecule has 98 valence electrons. The number of hydrogen-bond acceptors (Lipinski definition) is 3. The van der Waals surface area contributed by atoms with Gasteiger partial charge in [-0.2, -0.15) is 0 Å². The van der Waals surface area contributed by atoms with Gasteiger partial charge in [-0.25, -0.2) is 0 Å². The van der Waals surface area contributed by atoms with Crippen LogP contribution in [0.15, 0.2) is 24.3 Å². The van der Waals surface area contributed by atoms with Gasteiger partial charge in [0, 0.05) is 32.2 Å². The van der Waals surface area contributed by atoms with E-state index in [-0.39, 0.29) is 0 Å². The fourth-order valence-corrected chi connectivity index (χ4v) is 3.00. The molecule has 1 aromatic rings. The number of ether oxygens (including phenoxy) is 1. The lowest BCUT2D eigenvalue weighted by atomic mass is 9.94. The highest BCUT2D eigenvalue weighted by Crippen LogP contribution is 2.22. The van der Waals surface area contributed by atoms with E-state index in [4.69, 9.17) is 4.74 Å². The minimum absolute atomic E-state index is 0.651. The van der Waals surface area contributed by atoms with Crippen LogP contribution in [0.5, 0.6) is 0 Å². The van der Waals surface area contributed by atoms with Crippen LogP contribution >= 0.6 is 0 Å². The number of morpholine rings is 1. The molecule has 0 amide bonds. The first-order chi connectivity index (χ1) is 8.83. The van der Waals surface area contributed by atoms with Crippen LogP contribution in [0.1, 0.15) is 11.1 Å². The van der Waals surface area contributed by atoms with Gasteiger partial charge in [0.05, 0.1) is 13.2 Å². The van der Waals surface area contributed by atoms with Crippen molar-refractivity contribution < 1.29 is 4.74 Å². The number of likely N-dealkylation sites (N-methyl/N-ethyl adjacent to an activating group) is 1. The van der Waals surface area contributed by atoms with E-state index in [1.54, 1.807) is 0 Å². The molecular weight excluding hydrogens is 224 g/mol. The first-order valence-electron chi connectivity index (χ1n) is 6.90. The SMILES string of the molecule is CN1Cc2ccccc2CC1CN1CCOCC1. The van der Waals surface area contributed by atoms with Gasteiger partial charge in [0.2, 0.25) is 0 Å². The van der Waals surface area contributed by atoms with Gasteiger partial charge in [0.1, 0.15) is 0 Å². The van der Waals surface area contributed by atoms with E-state index in [2.05, 4.69) is 41.1 Å². The normalized spacial score (nSPS) is 25.9. The third kappa shape index (κ3) is 2.58. The van der Waals surface area contributed by atoms with Crippen molar-refractivity contribution in [1.82, 2.24) is 9.80 Å². The topological polar surface area (TPSA) is 15.7 Å². The van der Waals surface area contributed by atoms with Gasteiger partial charge in [-0.05, 0) is 24.6 Å². The summed E-state index contributed by atoms with van der Waals surface area (Å²) in [4.78, 5) is 5.04. The van der Waals surface area contributed by atoms with E-state index in [1.807, 2.05) is 0 Å². The van der Waals surface area contributed by atoms with Crippen molar-refractivity contribution in [3.05, 3.63) is 35.4 Å². The smallest absolute Gasteiger partial charge is 0.0594 e. The average molecular weight is 246 g/mol. The Balaban J connectivity index is 1.66. The molecule has 3 heteroatoms. The Kier molecular flexibility index (Phi) is 3.64. The number of hydrogen-bond donors (Lipinski definition) is 0. The lowest BCUT2D eigenvalue weighted by Gasteiger charge is -2.38. The maximum Gasteiger partial charge on any atom is 0.0594 e. The molecule has 18 heavy (non-hydrogen) atoms. The lowest BCUT2D eigenvalue weighted by Crippen LogP contribution is -2.48. The van der Waals surface area contributed by atoms with E-state index in [9.17, 15) is 0 Å². The van der Waals surface area contributed by atoms with E-state index in [1.165, 1.54) is 24.1 Å². The predicted molar refractivity (Wildman–Crippen MR) is 72.7 cm³/mol. The quantitative estimate of drug-likeness (QED) is 0.784. The summed E-state index contributed by atoms with van der Waals surface area (Å²) >= 11 is 0. The lowest BCUT2D eigenvalue weighted by molar-refractivity contribution is 0.0231. The molecule has 1 aromatic carbocycles. The van der Waals surface area contributed by atoms with Gasteiger partial charge in [-0.15, -0.1) is 0 Å². The Bertz CT molecular complexity index is 401. The highest BCUT2D eigenvalue weighted by molar-refractivity contribution is 5.30. The minimum atomic E-state index is 0.651. The summed E-state index contributed by atoms with van der Waals surface area (Å²) in [6.45, 7) is 6.23. The number of fused-ring (bicyclic) bond motifs is 1. The Morgan fingerprint density at radius 2 is 1.89 bits per heavy atom. The second-order valence-electron chi connectivity index (χ2n) is 5.45. The highest BCUT2D eigenvalue weighted by Gasteiger charge is 2.25. The molecule has 1 fully saturated rings. The molecule has 2 aliphatic rings. The highest BCUT2D eigenvalue weighted by atomic mass is 16.5. The number of benzene rings is 1. The summed E-state index contributed by atoms with van der Waals surface area (Å²) in [5.74, 6) is 0. The zero-order valence-electron chi connectivity index (χ0n) is 11.1. The van der Waals surface area contributed by atoms with Crippen LogP contribution in [0.25, 0.3) is 0 Å². The van der Waals surface area contributed by atoms with Gasteiger partial charge >= 0.3 is 0 Å². The van der Waals surface area contributed by atoms with Crippen LogP contribution in [0, 0.1) is 0 Å². The van der Waals surface area contributed by atoms with Gasteiger partial charge in [-0.3, -0.25) is 9.80 Å². The molecule has 1 atom stereocenters. The molecule has 0 spiro atoms. The third-order valence-electron chi connectivity index (χ3n) is 4.19. The molecule has 0 aliphatic carbocycles. The number of nitrogens with zero attached hydrogens (tertiary/aromatic N) is 2. The number of rotatable bonds is 2. The Labute approximate surface area is 109 Å². The summed E-state index contributed by atoms with van der Waals surface area (Å²) in [6, 6.07) is 9.51. The molecule has 0 saturated carbocycles. The van der Waals surface area contributed by atoms with Crippen LogP contribution in [0.4, 0.5) is 0 Å². The summed E-state index contributed by atoms with van der Waals surface area (Å²) in [7, 11) is 2.25. The summed E-state index contributed by atoms with van der Waals surface area (Å²) in [5.41, 5.74) is 3.03. The molecule has 0 bridgehead atoms. The minimum Gasteiger partial charge on any atom is -0.379 e. The molecular formula is C15H22N2O. The zero-order valence-corrected chi connectivity index (χ0v) is 11.1. The fourth-order valence-electron chi connectivity index (χ4n) is 3.00. The molecule has 0 radical (unpaired) electrons. The van der Waals surface area contributed by atoms with Gasteiger partial charge in [-0.1, -0.05) is 24.3 Å². The molecule has 0 N–H and O–H groups in total. The zero-order chi connectivity index (χ0) is 12.4. The van der Waals surface area contributed by atoms with Crippen LogP contribution in [0.2, 0.25) is 0 Å². The maximum atomic E-state index is 5.42. The van der Waals surface area contributed by atoms with Crippen molar-refractivity contribution in [2.45, 2.75) is 19.0 Å². The van der Waals surface area contributed by atoms with Gasteiger partial charge in [0.25, 0.3) is 0 Å². The molecule has 2 aliphatic heterocycles. The second-order valence-corrected chi connectivity index (χ2v) is 5.45. The molecule has 2 heterocycles. The van der Waals surface area contributed by atoms with E-state index in [0.717, 1.165) is 32.8 Å². The fraction of sp³-hybridized carbons (Fsp3) is 0.600. The monoisotopic (exact) mass is 246 g/mol. The molecule has 1 saturated heterocycles. The van der Waals surface area contributed by atoms with Crippen molar-refractivity contribution >= 4 is 0 Å². The van der Waals surface area contributed by atoms with E-state index >= 15 is 0 Å². The van der Waals surface area contributed by atoms with Crippen molar-refractivity contribution in [1.29, 1.82) is 0 Å². The van der Waals surface area contributed by atoms with Crippen molar-refractivity contribution in [3.63, 3.8) is 0 Å². The van der Waals surface area contributed by atoms with Crippen molar-refractivity contribution in [2.24, 2.45) is 0 Å². The molecule has 3 nitrogen and oxygen atoms in total. The van der Waals surface area contributed by atoms with Gasteiger partial charge in [0.15, 0.2) is 0 Å². The van der Waals surface area contributed by atoms with Gasteiger partial charge < -0.3 is 4.74 Å². The maximum absolute atomic E-state index is 5.42. The largest absolute Gasteiger partial charge is 0.379 e. The van der Waals surface area contributed by atoms with Crippen molar-refractivity contribution in [3.8, 4) is 0 Å². The predicted octanol–water partition coefficient (Wildman–Crippen LogP) is 1.38. The van der Waals surface area contributed by atoms with E-state index in [0.29, 0.717) is 6.04 Å². The third-order valence-corrected chi connectivity index (χ3v) is 4.19. The standard InChI is InChI=1S/C15H22N2O/c1-16-11-14-5-3-2-4-13(14)10-15(16)12-17-6-8-18-9-7-17/h2-5,15H,6-12H2,1H3. The first kappa shape index (κ1) is 12.2. The Hall–Kier alpha value is -0.900. The van der Waals surface area contributed by atoms with Crippen LogP contribution < -0.4 is 0 Å². The summed E-state index contributed by atoms with van der Waals surface area (Å²) in [6.07, 6.45) is 1.18. The Morgan fingerprint density at radius 1 is 1.17 bits per heavy atom. The average Bonchev–Trinajstić information content (AvgIpc) is 2.41. The van der Waals surface area contributed by atoms with Crippen molar-refractivity contribution in [2.75, 3.05) is 39.9 Å².